The van der Waals surface area contributed by atoms with E-state index in [0.29, 0.717) is 0 Å². The van der Waals surface area contributed by atoms with E-state index in [2.05, 4.69) is 33.9 Å². The van der Waals surface area contributed by atoms with Crippen molar-refractivity contribution in [3.05, 3.63) is 41.7 Å². The van der Waals surface area contributed by atoms with Crippen molar-refractivity contribution in [1.29, 1.82) is 0 Å². The lowest BCUT2D eigenvalue weighted by Gasteiger charge is -2.45. The van der Waals surface area contributed by atoms with Gasteiger partial charge in [0.15, 0.2) is 6.29 Å². The molecule has 0 radical (unpaired) electrons. The van der Waals surface area contributed by atoms with E-state index in [9.17, 15) is 20.4 Å². The van der Waals surface area contributed by atoms with Crippen LogP contribution >= 0.6 is 11.2 Å². The summed E-state index contributed by atoms with van der Waals surface area (Å²) in [7, 11) is -1.92. The van der Waals surface area contributed by atoms with Gasteiger partial charge in [0.25, 0.3) is 0 Å². The van der Waals surface area contributed by atoms with Gasteiger partial charge >= 0.3 is 0 Å². The topological polar surface area (TPSA) is 90.2 Å². The first-order chi connectivity index (χ1) is 11.9. The van der Waals surface area contributed by atoms with Gasteiger partial charge in [0.1, 0.15) is 31.3 Å². The minimum Gasteiger partial charge on any atom is -0.509 e. The fraction of sp³-hybridized carbons (Fsp3) is 0.579. The first-order valence-corrected chi connectivity index (χ1v) is 13.4. The van der Waals surface area contributed by atoms with Gasteiger partial charge < -0.3 is 25.2 Å². The van der Waals surface area contributed by atoms with Gasteiger partial charge in [-0.2, -0.15) is 11.2 Å². The van der Waals surface area contributed by atoms with Crippen molar-refractivity contribution in [1.82, 2.24) is 0 Å². The number of ether oxygens (including phenoxy) is 1. The molecular formula is C19H30O5SSi. The van der Waals surface area contributed by atoms with Gasteiger partial charge in [-0.3, -0.25) is 0 Å². The van der Waals surface area contributed by atoms with Crippen molar-refractivity contribution >= 4 is 24.5 Å². The van der Waals surface area contributed by atoms with Crippen molar-refractivity contribution in [3.8, 4) is 0 Å². The molecule has 0 bridgehead atoms. The Hall–Kier alpha value is -0.833. The van der Waals surface area contributed by atoms with Gasteiger partial charge in [0.2, 0.25) is 0 Å². The summed E-state index contributed by atoms with van der Waals surface area (Å²) in [5.74, 6) is -0.171. The highest BCUT2D eigenvalue weighted by atomic mass is 32.4. The molecule has 1 aromatic rings. The Morgan fingerprint density at radius 2 is 1.65 bits per heavy atom. The number of aliphatic hydroxyl groups excluding tert-OH is 4. The summed E-state index contributed by atoms with van der Waals surface area (Å²) in [6.07, 6.45) is -3.39. The third kappa shape index (κ3) is 4.71. The fourth-order valence-corrected chi connectivity index (χ4v) is 8.08. The van der Waals surface area contributed by atoms with Crippen LogP contribution in [0.5, 0.6) is 0 Å². The SMILES string of the molecule is CC(C)(C)[Si](C)(C)S[C@H]1[C@@H](O)[C@@H](O)O[C@H](C(O)=Cc2ccccc2)[C@H]1O. The quantitative estimate of drug-likeness (QED) is 0.460. The number of rotatable bonds is 4. The zero-order valence-corrected chi connectivity index (χ0v) is 17.8. The van der Waals surface area contributed by atoms with Crippen LogP contribution in [0.3, 0.4) is 0 Å². The zero-order chi connectivity index (χ0) is 19.7. The molecule has 1 aliphatic heterocycles. The normalized spacial score (nSPS) is 31.1. The molecule has 1 aromatic carbocycles. The lowest BCUT2D eigenvalue weighted by molar-refractivity contribution is -0.237. The average Bonchev–Trinajstić information content (AvgIpc) is 2.54. The summed E-state index contributed by atoms with van der Waals surface area (Å²) >= 11 is 1.54. The molecule has 0 saturated carbocycles. The van der Waals surface area contributed by atoms with Crippen LogP contribution < -0.4 is 0 Å². The number of hydrogen-bond donors (Lipinski definition) is 4. The maximum Gasteiger partial charge on any atom is 0.183 e. The molecule has 7 heteroatoms. The minimum absolute atomic E-state index is 0.0395. The molecular weight excluding hydrogens is 368 g/mol. The Morgan fingerprint density at radius 3 is 2.19 bits per heavy atom. The summed E-state index contributed by atoms with van der Waals surface area (Å²) in [6.45, 7) is 10.8. The molecule has 2 rings (SSSR count). The second-order valence-corrected chi connectivity index (χ2v) is 17.3. The van der Waals surface area contributed by atoms with Gasteiger partial charge in [0.05, 0.1) is 5.25 Å². The maximum absolute atomic E-state index is 10.8. The summed E-state index contributed by atoms with van der Waals surface area (Å²) < 4.78 is 5.31. The predicted octanol–water partition coefficient (Wildman–Crippen LogP) is 3.13. The Kier molecular flexibility index (Phi) is 6.64. The molecule has 1 fully saturated rings. The lowest BCUT2D eigenvalue weighted by Crippen LogP contribution is -2.58. The first kappa shape index (κ1) is 21.5. The van der Waals surface area contributed by atoms with Crippen molar-refractivity contribution in [2.24, 2.45) is 0 Å². The second-order valence-electron chi connectivity index (χ2n) is 8.25. The monoisotopic (exact) mass is 398 g/mol. The van der Waals surface area contributed by atoms with Gasteiger partial charge in [-0.15, -0.1) is 0 Å². The smallest absolute Gasteiger partial charge is 0.183 e. The fourth-order valence-electron chi connectivity index (χ4n) is 2.55. The number of benzene rings is 1. The summed E-state index contributed by atoms with van der Waals surface area (Å²) in [5, 5.41) is 41.2. The van der Waals surface area contributed by atoms with Crippen molar-refractivity contribution in [2.45, 2.75) is 68.8 Å². The van der Waals surface area contributed by atoms with Crippen molar-refractivity contribution in [3.63, 3.8) is 0 Å². The Bertz CT molecular complexity index is 629. The van der Waals surface area contributed by atoms with Gasteiger partial charge in [-0.1, -0.05) is 64.2 Å². The van der Waals surface area contributed by atoms with E-state index in [0.717, 1.165) is 5.56 Å². The van der Waals surface area contributed by atoms with Crippen molar-refractivity contribution < 1.29 is 25.2 Å². The predicted molar refractivity (Wildman–Crippen MR) is 109 cm³/mol. The number of hydrogen-bond acceptors (Lipinski definition) is 6. The third-order valence-corrected chi connectivity index (χ3v) is 14.7. The molecule has 0 unspecified atom stereocenters. The molecule has 5 atom stereocenters. The van der Waals surface area contributed by atoms with E-state index in [-0.39, 0.29) is 10.8 Å². The lowest BCUT2D eigenvalue weighted by atomic mass is 9.99. The maximum atomic E-state index is 10.8. The van der Waals surface area contributed by atoms with Crippen LogP contribution in [0.2, 0.25) is 18.1 Å². The van der Waals surface area contributed by atoms with Crippen LogP contribution in [0.1, 0.15) is 26.3 Å². The summed E-state index contributed by atoms with van der Waals surface area (Å²) in [6, 6.07) is 9.18. The highest BCUT2D eigenvalue weighted by Gasteiger charge is 2.50. The minimum atomic E-state index is -1.92. The second kappa shape index (κ2) is 8.04. The highest BCUT2D eigenvalue weighted by Crippen LogP contribution is 2.47. The molecule has 146 valence electrons. The van der Waals surface area contributed by atoms with Crippen LogP contribution in [0.15, 0.2) is 36.1 Å². The number of aliphatic hydroxyl groups is 4. The highest BCUT2D eigenvalue weighted by molar-refractivity contribution is 8.29. The summed E-state index contributed by atoms with van der Waals surface area (Å²) in [4.78, 5) is 0. The van der Waals surface area contributed by atoms with E-state index < -0.39 is 37.1 Å². The van der Waals surface area contributed by atoms with Crippen LogP contribution in [0.25, 0.3) is 6.08 Å². The van der Waals surface area contributed by atoms with Gasteiger partial charge in [-0.05, 0) is 16.7 Å². The summed E-state index contributed by atoms with van der Waals surface area (Å²) in [5.41, 5.74) is 0.759. The molecule has 0 aliphatic carbocycles. The Balaban J connectivity index is 2.26. The van der Waals surface area contributed by atoms with E-state index >= 15 is 0 Å². The van der Waals surface area contributed by atoms with Crippen LogP contribution in [-0.4, -0.2) is 57.5 Å². The molecule has 1 heterocycles. The standard InChI is InChI=1S/C19H30O5SSi/c1-19(2,3)26(4,5)25-17-14(21)16(24-18(23)15(17)22)13(20)11-12-9-7-6-8-10-12/h6-11,14-18,20-23H,1-5H3/t14-,15-,16-,17-,18+/m1/s1. The Labute approximate surface area is 160 Å². The average molecular weight is 399 g/mol. The van der Waals surface area contributed by atoms with Gasteiger partial charge in [0, 0.05) is 0 Å². The van der Waals surface area contributed by atoms with Crippen LogP contribution in [-0.2, 0) is 4.74 Å². The molecule has 4 N–H and O–H groups in total. The molecule has 0 spiro atoms. The van der Waals surface area contributed by atoms with Gasteiger partial charge in [-0.25, -0.2) is 0 Å². The third-order valence-electron chi connectivity index (χ3n) is 5.20. The van der Waals surface area contributed by atoms with Crippen molar-refractivity contribution in [2.75, 3.05) is 0 Å². The van der Waals surface area contributed by atoms with E-state index in [1.807, 2.05) is 30.3 Å². The molecule has 26 heavy (non-hydrogen) atoms. The van der Waals surface area contributed by atoms with E-state index in [1.54, 1.807) is 0 Å². The molecule has 5 nitrogen and oxygen atoms in total. The van der Waals surface area contributed by atoms with E-state index in [4.69, 9.17) is 4.74 Å². The Morgan fingerprint density at radius 1 is 1.08 bits per heavy atom. The first-order valence-electron chi connectivity index (χ1n) is 8.77. The molecule has 1 aliphatic rings. The molecule has 1 saturated heterocycles. The molecule has 0 aromatic heterocycles. The largest absolute Gasteiger partial charge is 0.509 e. The van der Waals surface area contributed by atoms with E-state index in [1.165, 1.54) is 17.3 Å². The molecule has 0 amide bonds. The van der Waals surface area contributed by atoms with Crippen LogP contribution in [0, 0.1) is 0 Å². The zero-order valence-electron chi connectivity index (χ0n) is 16.0. The van der Waals surface area contributed by atoms with Crippen LogP contribution in [0.4, 0.5) is 0 Å².